The highest BCUT2D eigenvalue weighted by Crippen LogP contribution is 2.49. The first-order chi connectivity index (χ1) is 14.4. The van der Waals surface area contributed by atoms with Crippen LogP contribution >= 0.6 is 11.6 Å². The molecule has 1 aliphatic carbocycles. The molecule has 0 saturated carbocycles. The summed E-state index contributed by atoms with van der Waals surface area (Å²) in [5, 5.41) is 14.1. The van der Waals surface area contributed by atoms with Crippen molar-refractivity contribution in [3.63, 3.8) is 0 Å². The Morgan fingerprint density at radius 3 is 2.40 bits per heavy atom. The molecule has 2 aromatic carbocycles. The van der Waals surface area contributed by atoms with Gasteiger partial charge in [-0.1, -0.05) is 60.1 Å². The first kappa shape index (κ1) is 20.2. The normalized spacial score (nSPS) is 21.7. The Hall–Kier alpha value is -3.07. The maximum atomic E-state index is 13.5. The van der Waals surface area contributed by atoms with E-state index < -0.39 is 5.92 Å². The van der Waals surface area contributed by atoms with Crippen LogP contribution in [-0.4, -0.2) is 29.9 Å². The number of hydrazine groups is 1. The predicted molar refractivity (Wildman–Crippen MR) is 117 cm³/mol. The molecule has 2 unspecified atom stereocenters. The number of nitrogens with two attached hydrogens (primary N) is 1. The Labute approximate surface area is 181 Å². The molecule has 4 rings (SSSR count). The van der Waals surface area contributed by atoms with E-state index in [9.17, 15) is 10.1 Å². The summed E-state index contributed by atoms with van der Waals surface area (Å²) in [6.45, 7) is 0. The van der Waals surface area contributed by atoms with Crippen molar-refractivity contribution >= 4 is 17.4 Å². The monoisotopic (exact) mass is 418 g/mol. The van der Waals surface area contributed by atoms with Gasteiger partial charge in [-0.3, -0.25) is 9.80 Å². The number of halogens is 1. The van der Waals surface area contributed by atoms with E-state index in [4.69, 9.17) is 17.3 Å². The molecule has 2 atom stereocenters. The SMILES string of the molecule is CN(C)N1C(N)=C(C#N)C(c2ccccc2Cl)C2=C1CC(c1ccccc1)CC2=O. The number of carbonyl (C=O) groups excluding carboxylic acids is 1. The Balaban J connectivity index is 1.92. The predicted octanol–water partition coefficient (Wildman–Crippen LogP) is 4.31. The van der Waals surface area contributed by atoms with Crippen molar-refractivity contribution in [3.05, 3.63) is 93.4 Å². The van der Waals surface area contributed by atoms with E-state index in [-0.39, 0.29) is 11.7 Å². The van der Waals surface area contributed by atoms with Crippen LogP contribution in [0.2, 0.25) is 5.02 Å². The summed E-state index contributed by atoms with van der Waals surface area (Å²) in [7, 11) is 3.72. The van der Waals surface area contributed by atoms with Crippen LogP contribution in [0.25, 0.3) is 0 Å². The van der Waals surface area contributed by atoms with Crippen molar-refractivity contribution in [1.29, 1.82) is 5.26 Å². The number of benzene rings is 2. The molecular formula is C24H23ClN4O. The van der Waals surface area contributed by atoms with E-state index in [1.54, 1.807) is 11.1 Å². The fourth-order valence-corrected chi connectivity index (χ4v) is 4.79. The zero-order valence-electron chi connectivity index (χ0n) is 17.0. The number of nitriles is 1. The van der Waals surface area contributed by atoms with Gasteiger partial charge in [-0.2, -0.15) is 5.26 Å². The van der Waals surface area contributed by atoms with Crippen LogP contribution in [0.3, 0.4) is 0 Å². The Bertz CT molecular complexity index is 1100. The maximum absolute atomic E-state index is 13.5. The molecule has 30 heavy (non-hydrogen) atoms. The Morgan fingerprint density at radius 1 is 1.10 bits per heavy atom. The van der Waals surface area contributed by atoms with E-state index in [1.807, 2.05) is 55.5 Å². The number of rotatable bonds is 3. The summed E-state index contributed by atoms with van der Waals surface area (Å²) in [5.74, 6) is -0.128. The van der Waals surface area contributed by atoms with E-state index in [0.29, 0.717) is 34.8 Å². The second-order valence-electron chi connectivity index (χ2n) is 7.82. The molecule has 0 saturated heterocycles. The van der Waals surface area contributed by atoms with E-state index in [0.717, 1.165) is 16.8 Å². The first-order valence-corrected chi connectivity index (χ1v) is 10.2. The minimum absolute atomic E-state index is 0.0297. The van der Waals surface area contributed by atoms with Crippen molar-refractivity contribution in [3.8, 4) is 6.07 Å². The number of ketones is 1. The van der Waals surface area contributed by atoms with Crippen molar-refractivity contribution in [2.24, 2.45) is 5.73 Å². The van der Waals surface area contributed by atoms with Crippen LogP contribution in [0.4, 0.5) is 0 Å². The molecular weight excluding hydrogens is 396 g/mol. The molecule has 0 fully saturated rings. The lowest BCUT2D eigenvalue weighted by Crippen LogP contribution is -2.46. The molecule has 2 aromatic rings. The van der Waals surface area contributed by atoms with E-state index >= 15 is 0 Å². The average Bonchev–Trinajstić information content (AvgIpc) is 2.73. The summed E-state index contributed by atoms with van der Waals surface area (Å²) in [5.41, 5.74) is 10.2. The molecule has 0 bridgehead atoms. The van der Waals surface area contributed by atoms with Gasteiger partial charge in [0.25, 0.3) is 0 Å². The topological polar surface area (TPSA) is 73.4 Å². The highest BCUT2D eigenvalue weighted by atomic mass is 35.5. The van der Waals surface area contributed by atoms with E-state index in [1.165, 1.54) is 0 Å². The lowest BCUT2D eigenvalue weighted by molar-refractivity contribution is -0.117. The standard InChI is InChI=1S/C24H23ClN4O/c1-28(2)29-20-12-16(15-8-4-3-5-9-15)13-21(30)23(20)22(18(14-26)24(29)27)17-10-6-7-11-19(17)25/h3-11,16,22H,12-13,27H2,1-2H3. The number of nitrogens with zero attached hydrogens (tertiary/aromatic N) is 3. The third kappa shape index (κ3) is 3.28. The van der Waals surface area contributed by atoms with Gasteiger partial charge in [0.05, 0.1) is 17.6 Å². The third-order valence-electron chi connectivity index (χ3n) is 5.83. The first-order valence-electron chi connectivity index (χ1n) is 9.86. The molecule has 1 aliphatic heterocycles. The quantitative estimate of drug-likeness (QED) is 0.803. The third-order valence-corrected chi connectivity index (χ3v) is 6.17. The van der Waals surface area contributed by atoms with Gasteiger partial charge in [-0.05, 0) is 29.5 Å². The molecule has 2 N–H and O–H groups in total. The van der Waals surface area contributed by atoms with Crippen LogP contribution in [0.5, 0.6) is 0 Å². The fourth-order valence-electron chi connectivity index (χ4n) is 4.55. The van der Waals surface area contributed by atoms with Crippen LogP contribution in [0, 0.1) is 11.3 Å². The summed E-state index contributed by atoms with van der Waals surface area (Å²) in [6.07, 6.45) is 1.05. The maximum Gasteiger partial charge on any atom is 0.162 e. The number of allylic oxidation sites excluding steroid dienone is 3. The zero-order chi connectivity index (χ0) is 21.4. The molecule has 2 aliphatic rings. The fraction of sp³-hybridized carbons (Fsp3) is 0.250. The highest BCUT2D eigenvalue weighted by molar-refractivity contribution is 6.31. The number of hydrogen-bond donors (Lipinski definition) is 1. The Morgan fingerprint density at radius 2 is 1.77 bits per heavy atom. The van der Waals surface area contributed by atoms with Gasteiger partial charge >= 0.3 is 0 Å². The second-order valence-corrected chi connectivity index (χ2v) is 8.23. The van der Waals surface area contributed by atoms with Gasteiger partial charge in [0, 0.05) is 36.8 Å². The zero-order valence-corrected chi connectivity index (χ0v) is 17.7. The van der Waals surface area contributed by atoms with Crippen molar-refractivity contribution < 1.29 is 4.79 Å². The van der Waals surface area contributed by atoms with Gasteiger partial charge in [-0.25, -0.2) is 5.01 Å². The highest BCUT2D eigenvalue weighted by Gasteiger charge is 2.43. The Kier molecular flexibility index (Phi) is 5.38. The van der Waals surface area contributed by atoms with Crippen LogP contribution in [-0.2, 0) is 4.79 Å². The van der Waals surface area contributed by atoms with E-state index in [2.05, 4.69) is 18.2 Å². The minimum atomic E-state index is -0.556. The molecule has 152 valence electrons. The summed E-state index contributed by atoms with van der Waals surface area (Å²) < 4.78 is 0. The number of Topliss-reactive ketones (excluding diaryl/α,β-unsaturated/α-hetero) is 1. The second kappa shape index (κ2) is 7.98. The molecule has 0 spiro atoms. The smallest absolute Gasteiger partial charge is 0.162 e. The van der Waals surface area contributed by atoms with Gasteiger partial charge in [0.1, 0.15) is 5.82 Å². The van der Waals surface area contributed by atoms with Crippen molar-refractivity contribution in [1.82, 2.24) is 10.0 Å². The largest absolute Gasteiger partial charge is 0.383 e. The molecule has 0 radical (unpaired) electrons. The summed E-state index contributed by atoms with van der Waals surface area (Å²) >= 11 is 6.50. The lowest BCUT2D eigenvalue weighted by Gasteiger charge is -2.44. The molecule has 6 heteroatoms. The minimum Gasteiger partial charge on any atom is -0.383 e. The van der Waals surface area contributed by atoms with Gasteiger partial charge in [0.15, 0.2) is 5.78 Å². The average molecular weight is 419 g/mol. The summed E-state index contributed by atoms with van der Waals surface area (Å²) in [6, 6.07) is 19.7. The van der Waals surface area contributed by atoms with Crippen LogP contribution in [0.1, 0.15) is 35.8 Å². The number of carbonyl (C=O) groups is 1. The van der Waals surface area contributed by atoms with Gasteiger partial charge < -0.3 is 5.73 Å². The van der Waals surface area contributed by atoms with Crippen LogP contribution < -0.4 is 5.73 Å². The summed E-state index contributed by atoms with van der Waals surface area (Å²) in [4.78, 5) is 13.5. The van der Waals surface area contributed by atoms with Gasteiger partial charge in [-0.15, -0.1) is 0 Å². The molecule has 5 nitrogen and oxygen atoms in total. The molecule has 0 aromatic heterocycles. The molecule has 0 amide bonds. The molecule has 1 heterocycles. The van der Waals surface area contributed by atoms with Crippen LogP contribution in [0.15, 0.2) is 77.3 Å². The van der Waals surface area contributed by atoms with Crippen molar-refractivity contribution in [2.45, 2.75) is 24.7 Å². The number of hydrogen-bond acceptors (Lipinski definition) is 5. The van der Waals surface area contributed by atoms with Crippen molar-refractivity contribution in [2.75, 3.05) is 14.1 Å². The lowest BCUT2D eigenvalue weighted by atomic mass is 9.72. The van der Waals surface area contributed by atoms with Gasteiger partial charge in [0.2, 0.25) is 0 Å².